The van der Waals surface area contributed by atoms with Gasteiger partial charge in [0.25, 0.3) is 0 Å². The fourth-order valence-corrected chi connectivity index (χ4v) is 1.97. The summed E-state index contributed by atoms with van der Waals surface area (Å²) in [7, 11) is 0. The SMILES string of the molecule is C=Cc1oc(/C=C(\C)C(C)C)c(C=C)c1/C=C\CC(C)C. The third-order valence-corrected chi connectivity index (χ3v) is 3.59. The first-order valence-corrected chi connectivity index (χ1v) is 7.67. The second-order valence-electron chi connectivity index (χ2n) is 6.14. The normalized spacial score (nSPS) is 12.6. The highest BCUT2D eigenvalue weighted by atomic mass is 16.3. The predicted molar refractivity (Wildman–Crippen MR) is 95.9 cm³/mol. The number of allylic oxidation sites excluding steroid dienone is 2. The molecule has 114 valence electrons. The lowest BCUT2D eigenvalue weighted by atomic mass is 10.0. The molecule has 0 saturated carbocycles. The van der Waals surface area contributed by atoms with Crippen molar-refractivity contribution in [3.05, 3.63) is 47.5 Å². The van der Waals surface area contributed by atoms with E-state index in [2.05, 4.69) is 66.0 Å². The van der Waals surface area contributed by atoms with E-state index in [1.165, 1.54) is 5.57 Å². The number of rotatable bonds is 7. The van der Waals surface area contributed by atoms with E-state index in [0.717, 1.165) is 29.1 Å². The Bertz CT molecular complexity index is 551. The minimum Gasteiger partial charge on any atom is -0.456 e. The van der Waals surface area contributed by atoms with Gasteiger partial charge in [0.2, 0.25) is 0 Å². The molecule has 0 bridgehead atoms. The Morgan fingerprint density at radius 3 is 2.19 bits per heavy atom. The third-order valence-electron chi connectivity index (χ3n) is 3.59. The topological polar surface area (TPSA) is 13.1 Å². The van der Waals surface area contributed by atoms with E-state index < -0.39 is 0 Å². The average molecular weight is 284 g/mol. The summed E-state index contributed by atoms with van der Waals surface area (Å²) in [6, 6.07) is 0. The molecule has 1 heteroatoms. The van der Waals surface area contributed by atoms with Gasteiger partial charge in [0.15, 0.2) is 0 Å². The largest absolute Gasteiger partial charge is 0.456 e. The molecule has 0 spiro atoms. The molecule has 0 saturated heterocycles. The minimum absolute atomic E-state index is 0.500. The zero-order valence-electron chi connectivity index (χ0n) is 14.1. The highest BCUT2D eigenvalue weighted by Gasteiger charge is 2.13. The maximum Gasteiger partial charge on any atom is 0.135 e. The molecule has 1 nitrogen and oxygen atoms in total. The van der Waals surface area contributed by atoms with Crippen LogP contribution in [0.1, 0.15) is 63.7 Å². The van der Waals surface area contributed by atoms with Crippen LogP contribution in [0.4, 0.5) is 0 Å². The minimum atomic E-state index is 0.500. The maximum absolute atomic E-state index is 5.95. The van der Waals surface area contributed by atoms with Crippen LogP contribution in [0.3, 0.4) is 0 Å². The standard InChI is InChI=1S/C20H28O/c1-8-17-18(12-10-11-14(3)4)19(9-2)21-20(17)13-16(7)15(5)6/h8-10,12-15H,1-2,11H2,3-7H3/b12-10-,16-13+. The Morgan fingerprint density at radius 2 is 1.71 bits per heavy atom. The molecule has 0 aliphatic rings. The van der Waals surface area contributed by atoms with E-state index in [4.69, 9.17) is 4.42 Å². The van der Waals surface area contributed by atoms with Gasteiger partial charge in [0.05, 0.1) is 0 Å². The molecule has 0 unspecified atom stereocenters. The van der Waals surface area contributed by atoms with Gasteiger partial charge in [-0.15, -0.1) is 0 Å². The van der Waals surface area contributed by atoms with Crippen molar-refractivity contribution >= 4 is 24.3 Å². The van der Waals surface area contributed by atoms with E-state index in [1.54, 1.807) is 6.08 Å². The van der Waals surface area contributed by atoms with Gasteiger partial charge in [-0.2, -0.15) is 0 Å². The van der Waals surface area contributed by atoms with Crippen LogP contribution in [-0.4, -0.2) is 0 Å². The van der Waals surface area contributed by atoms with Crippen molar-refractivity contribution in [2.75, 3.05) is 0 Å². The van der Waals surface area contributed by atoms with Gasteiger partial charge in [-0.05, 0) is 37.3 Å². The fraction of sp³-hybridized carbons (Fsp3) is 0.400. The molecule has 0 amide bonds. The van der Waals surface area contributed by atoms with E-state index >= 15 is 0 Å². The van der Waals surface area contributed by atoms with Crippen LogP contribution >= 0.6 is 0 Å². The lowest BCUT2D eigenvalue weighted by Crippen LogP contribution is -1.88. The third kappa shape index (κ3) is 4.63. The fourth-order valence-electron chi connectivity index (χ4n) is 1.97. The number of hydrogen-bond acceptors (Lipinski definition) is 1. The van der Waals surface area contributed by atoms with Crippen LogP contribution < -0.4 is 0 Å². The molecule has 1 aromatic heterocycles. The monoisotopic (exact) mass is 284 g/mol. The van der Waals surface area contributed by atoms with Crippen molar-refractivity contribution in [3.63, 3.8) is 0 Å². The average Bonchev–Trinajstić information content (AvgIpc) is 2.75. The molecule has 1 rings (SSSR count). The highest BCUT2D eigenvalue weighted by molar-refractivity contribution is 5.76. The van der Waals surface area contributed by atoms with Crippen molar-refractivity contribution in [2.24, 2.45) is 11.8 Å². The molecule has 0 N–H and O–H groups in total. The van der Waals surface area contributed by atoms with Crippen LogP contribution in [0, 0.1) is 11.8 Å². The van der Waals surface area contributed by atoms with Gasteiger partial charge in [0, 0.05) is 11.1 Å². The summed E-state index contributed by atoms with van der Waals surface area (Å²) in [5, 5.41) is 0. The molecule has 1 aromatic rings. The molecular formula is C20H28O. The van der Waals surface area contributed by atoms with Gasteiger partial charge < -0.3 is 4.42 Å². The quantitative estimate of drug-likeness (QED) is 0.544. The lowest BCUT2D eigenvalue weighted by Gasteiger charge is -2.03. The van der Waals surface area contributed by atoms with E-state index in [9.17, 15) is 0 Å². The first kappa shape index (κ1) is 17.3. The van der Waals surface area contributed by atoms with Crippen molar-refractivity contribution in [1.82, 2.24) is 0 Å². The summed E-state index contributed by atoms with van der Waals surface area (Å²) in [5.74, 6) is 2.83. The Morgan fingerprint density at radius 1 is 1.05 bits per heavy atom. The summed E-state index contributed by atoms with van der Waals surface area (Å²) in [5.41, 5.74) is 3.41. The zero-order valence-corrected chi connectivity index (χ0v) is 14.1. The molecule has 0 fully saturated rings. The molecule has 0 atom stereocenters. The Kier molecular flexibility index (Phi) is 6.48. The first-order valence-electron chi connectivity index (χ1n) is 7.67. The van der Waals surface area contributed by atoms with Crippen LogP contribution in [0.15, 0.2) is 29.2 Å². The summed E-state index contributed by atoms with van der Waals surface area (Å²) in [6.45, 7) is 18.7. The molecule has 0 radical (unpaired) electrons. The summed E-state index contributed by atoms with van der Waals surface area (Å²) in [4.78, 5) is 0. The van der Waals surface area contributed by atoms with E-state index in [0.29, 0.717) is 11.8 Å². The molecule has 0 aliphatic heterocycles. The Balaban J connectivity index is 3.27. The number of furan rings is 1. The summed E-state index contributed by atoms with van der Waals surface area (Å²) >= 11 is 0. The van der Waals surface area contributed by atoms with Crippen LogP contribution in [0.2, 0.25) is 0 Å². The van der Waals surface area contributed by atoms with Crippen LogP contribution in [0.5, 0.6) is 0 Å². The molecular weight excluding hydrogens is 256 g/mol. The van der Waals surface area contributed by atoms with Crippen LogP contribution in [-0.2, 0) is 0 Å². The molecule has 0 aliphatic carbocycles. The maximum atomic E-state index is 5.95. The predicted octanol–water partition coefficient (Wildman–Crippen LogP) is 6.68. The second-order valence-corrected chi connectivity index (χ2v) is 6.14. The van der Waals surface area contributed by atoms with Gasteiger partial charge in [-0.25, -0.2) is 0 Å². The number of hydrogen-bond donors (Lipinski definition) is 0. The van der Waals surface area contributed by atoms with Gasteiger partial charge >= 0.3 is 0 Å². The Hall–Kier alpha value is -1.76. The Labute approximate surface area is 129 Å². The van der Waals surface area contributed by atoms with Gasteiger partial charge in [-0.3, -0.25) is 0 Å². The van der Waals surface area contributed by atoms with Crippen molar-refractivity contribution in [3.8, 4) is 0 Å². The van der Waals surface area contributed by atoms with Crippen molar-refractivity contribution in [1.29, 1.82) is 0 Å². The van der Waals surface area contributed by atoms with Gasteiger partial charge in [0.1, 0.15) is 11.5 Å². The van der Waals surface area contributed by atoms with Crippen LogP contribution in [0.25, 0.3) is 24.3 Å². The summed E-state index contributed by atoms with van der Waals surface area (Å²) in [6.07, 6.45) is 11.1. The highest BCUT2D eigenvalue weighted by Crippen LogP contribution is 2.29. The van der Waals surface area contributed by atoms with E-state index in [-0.39, 0.29) is 0 Å². The summed E-state index contributed by atoms with van der Waals surface area (Å²) < 4.78 is 5.95. The van der Waals surface area contributed by atoms with E-state index in [1.807, 2.05) is 6.08 Å². The van der Waals surface area contributed by atoms with Gasteiger partial charge in [-0.1, -0.05) is 64.7 Å². The first-order chi connectivity index (χ1) is 9.90. The zero-order chi connectivity index (χ0) is 16.0. The van der Waals surface area contributed by atoms with Crippen molar-refractivity contribution < 1.29 is 4.42 Å². The molecule has 0 aromatic carbocycles. The molecule has 1 heterocycles. The van der Waals surface area contributed by atoms with Crippen molar-refractivity contribution in [2.45, 2.75) is 41.0 Å². The molecule has 21 heavy (non-hydrogen) atoms. The smallest absolute Gasteiger partial charge is 0.135 e. The lowest BCUT2D eigenvalue weighted by molar-refractivity contribution is 0.544. The second kappa shape index (κ2) is 7.87.